The molecule has 0 aliphatic heterocycles. The average Bonchev–Trinajstić information content (AvgIpc) is 2.78. The van der Waals surface area contributed by atoms with Gasteiger partial charge in [-0.05, 0) is 24.1 Å². The lowest BCUT2D eigenvalue weighted by atomic mass is 9.99. The number of phenols is 1. The topological polar surface area (TPSA) is 58.1 Å². The molecule has 0 aliphatic carbocycles. The van der Waals surface area contributed by atoms with Gasteiger partial charge in [0.1, 0.15) is 11.5 Å². The Balaban J connectivity index is 2.55. The van der Waals surface area contributed by atoms with E-state index in [9.17, 15) is 5.11 Å². The third-order valence-electron chi connectivity index (χ3n) is 2.76. The van der Waals surface area contributed by atoms with Crippen molar-refractivity contribution in [3.63, 3.8) is 0 Å². The third-order valence-corrected chi connectivity index (χ3v) is 2.76. The number of aromatic amines is 1. The summed E-state index contributed by atoms with van der Waals surface area (Å²) in [5, 5.41) is 16.9. The predicted octanol–water partition coefficient (Wildman–Crippen LogP) is 2.91. The Hall–Kier alpha value is -1.97. The van der Waals surface area contributed by atoms with Gasteiger partial charge in [0.25, 0.3) is 0 Å². The molecule has 1 aromatic heterocycles. The molecule has 1 heterocycles. The zero-order valence-corrected chi connectivity index (χ0v) is 10.2. The Morgan fingerprint density at radius 2 is 2.12 bits per heavy atom. The van der Waals surface area contributed by atoms with E-state index in [1.165, 1.54) is 0 Å². The Morgan fingerprint density at radius 1 is 1.35 bits per heavy atom. The molecule has 17 heavy (non-hydrogen) atoms. The van der Waals surface area contributed by atoms with E-state index in [0.717, 1.165) is 11.3 Å². The van der Waals surface area contributed by atoms with Crippen LogP contribution < -0.4 is 4.74 Å². The summed E-state index contributed by atoms with van der Waals surface area (Å²) >= 11 is 0. The molecule has 0 aliphatic rings. The van der Waals surface area contributed by atoms with Crippen LogP contribution in [0.15, 0.2) is 24.4 Å². The minimum atomic E-state index is 0.219. The fraction of sp³-hybridized carbons (Fsp3) is 0.308. The summed E-state index contributed by atoms with van der Waals surface area (Å²) in [5.74, 6) is 1.27. The van der Waals surface area contributed by atoms with Crippen LogP contribution in [-0.2, 0) is 0 Å². The van der Waals surface area contributed by atoms with Crippen molar-refractivity contribution in [2.45, 2.75) is 19.8 Å². The first-order valence-electron chi connectivity index (χ1n) is 5.54. The smallest absolute Gasteiger partial charge is 0.125 e. The van der Waals surface area contributed by atoms with Gasteiger partial charge in [-0.3, -0.25) is 5.10 Å². The number of nitrogens with zero attached hydrogens (tertiary/aromatic N) is 1. The minimum Gasteiger partial charge on any atom is -0.507 e. The summed E-state index contributed by atoms with van der Waals surface area (Å²) in [4.78, 5) is 0. The zero-order valence-electron chi connectivity index (χ0n) is 10.2. The molecule has 0 fully saturated rings. The van der Waals surface area contributed by atoms with Crippen LogP contribution >= 0.6 is 0 Å². The highest BCUT2D eigenvalue weighted by atomic mass is 16.5. The van der Waals surface area contributed by atoms with Crippen LogP contribution in [0.4, 0.5) is 0 Å². The second-order valence-electron chi connectivity index (χ2n) is 4.24. The number of aromatic hydroxyl groups is 1. The van der Waals surface area contributed by atoms with E-state index in [4.69, 9.17) is 4.74 Å². The molecule has 1 aromatic carbocycles. The third kappa shape index (κ3) is 2.11. The summed E-state index contributed by atoms with van der Waals surface area (Å²) in [6.07, 6.45) is 1.79. The number of aromatic nitrogens is 2. The van der Waals surface area contributed by atoms with Gasteiger partial charge < -0.3 is 9.84 Å². The predicted molar refractivity (Wildman–Crippen MR) is 66.3 cm³/mol. The van der Waals surface area contributed by atoms with Gasteiger partial charge >= 0.3 is 0 Å². The van der Waals surface area contributed by atoms with Gasteiger partial charge in [0.2, 0.25) is 0 Å². The van der Waals surface area contributed by atoms with Crippen molar-refractivity contribution < 1.29 is 9.84 Å². The summed E-state index contributed by atoms with van der Waals surface area (Å²) in [6, 6.07) is 5.15. The number of rotatable bonds is 3. The molecule has 0 radical (unpaired) electrons. The highest BCUT2D eigenvalue weighted by Gasteiger charge is 2.14. The van der Waals surface area contributed by atoms with E-state index in [1.54, 1.807) is 31.5 Å². The fourth-order valence-corrected chi connectivity index (χ4v) is 1.79. The monoisotopic (exact) mass is 232 g/mol. The van der Waals surface area contributed by atoms with Crippen molar-refractivity contribution in [2.75, 3.05) is 7.11 Å². The Labute approximate surface area is 100 Å². The number of hydrogen-bond donors (Lipinski definition) is 2. The first kappa shape index (κ1) is 11.5. The first-order valence-corrected chi connectivity index (χ1v) is 5.54. The lowest BCUT2D eigenvalue weighted by molar-refractivity contribution is 0.412. The molecular formula is C13H16N2O2. The number of ether oxygens (including phenoxy) is 1. The number of methoxy groups -OCH3 is 1. The van der Waals surface area contributed by atoms with Crippen LogP contribution in [0.2, 0.25) is 0 Å². The normalized spacial score (nSPS) is 10.8. The highest BCUT2D eigenvalue weighted by Crippen LogP contribution is 2.35. The van der Waals surface area contributed by atoms with Crippen LogP contribution in [0.1, 0.15) is 25.3 Å². The molecule has 0 spiro atoms. The number of H-pyrrole nitrogens is 1. The molecule has 0 bridgehead atoms. The van der Waals surface area contributed by atoms with Gasteiger partial charge in [-0.25, -0.2) is 0 Å². The molecule has 0 unspecified atom stereocenters. The van der Waals surface area contributed by atoms with Gasteiger partial charge in [-0.2, -0.15) is 5.10 Å². The van der Waals surface area contributed by atoms with Crippen molar-refractivity contribution >= 4 is 0 Å². The van der Waals surface area contributed by atoms with Crippen molar-refractivity contribution in [1.82, 2.24) is 10.2 Å². The Bertz CT molecular complexity index is 518. The van der Waals surface area contributed by atoms with Crippen LogP contribution in [0.25, 0.3) is 11.3 Å². The summed E-state index contributed by atoms with van der Waals surface area (Å²) in [7, 11) is 1.60. The molecular weight excluding hydrogens is 216 g/mol. The van der Waals surface area contributed by atoms with Crippen LogP contribution in [0.3, 0.4) is 0 Å². The number of nitrogens with one attached hydrogen (secondary N) is 1. The first-order chi connectivity index (χ1) is 8.13. The Kier molecular flexibility index (Phi) is 3.04. The van der Waals surface area contributed by atoms with E-state index in [-0.39, 0.29) is 5.75 Å². The molecule has 0 saturated carbocycles. The second-order valence-corrected chi connectivity index (χ2v) is 4.24. The maximum atomic E-state index is 9.91. The largest absolute Gasteiger partial charge is 0.507 e. The molecule has 4 heteroatoms. The van der Waals surface area contributed by atoms with Crippen molar-refractivity contribution in [3.8, 4) is 22.8 Å². The number of phenolic OH excluding ortho intramolecular Hbond substituents is 1. The standard InChI is InChI=1S/C13H16N2O2/c1-8(2)11-7-14-15-13(11)10-6-9(17-3)4-5-12(10)16/h4-8,16H,1-3H3,(H,14,15). The highest BCUT2D eigenvalue weighted by molar-refractivity contribution is 5.71. The molecule has 0 atom stereocenters. The molecule has 4 nitrogen and oxygen atoms in total. The van der Waals surface area contributed by atoms with Crippen LogP contribution in [0.5, 0.6) is 11.5 Å². The van der Waals surface area contributed by atoms with Crippen molar-refractivity contribution in [1.29, 1.82) is 0 Å². The minimum absolute atomic E-state index is 0.219. The fourth-order valence-electron chi connectivity index (χ4n) is 1.79. The average molecular weight is 232 g/mol. The number of benzene rings is 1. The molecule has 2 aromatic rings. The Morgan fingerprint density at radius 3 is 2.76 bits per heavy atom. The molecule has 0 saturated heterocycles. The van der Waals surface area contributed by atoms with E-state index >= 15 is 0 Å². The van der Waals surface area contributed by atoms with Gasteiger partial charge in [-0.15, -0.1) is 0 Å². The molecule has 90 valence electrons. The maximum absolute atomic E-state index is 9.91. The lowest BCUT2D eigenvalue weighted by Gasteiger charge is -2.09. The zero-order chi connectivity index (χ0) is 12.4. The van der Waals surface area contributed by atoms with Gasteiger partial charge in [-0.1, -0.05) is 13.8 Å². The van der Waals surface area contributed by atoms with E-state index in [1.807, 2.05) is 0 Å². The van der Waals surface area contributed by atoms with Crippen LogP contribution in [-0.4, -0.2) is 22.4 Å². The van der Waals surface area contributed by atoms with Gasteiger partial charge in [0.05, 0.1) is 19.0 Å². The maximum Gasteiger partial charge on any atom is 0.125 e. The van der Waals surface area contributed by atoms with E-state index < -0.39 is 0 Å². The molecule has 2 N–H and O–H groups in total. The molecule has 0 amide bonds. The number of hydrogen-bond acceptors (Lipinski definition) is 3. The van der Waals surface area contributed by atoms with Crippen LogP contribution in [0, 0.1) is 0 Å². The van der Waals surface area contributed by atoms with Gasteiger partial charge in [0, 0.05) is 11.1 Å². The lowest BCUT2D eigenvalue weighted by Crippen LogP contribution is -1.91. The van der Waals surface area contributed by atoms with E-state index in [2.05, 4.69) is 24.0 Å². The summed E-state index contributed by atoms with van der Waals surface area (Å²) in [6.45, 7) is 4.18. The summed E-state index contributed by atoms with van der Waals surface area (Å²) in [5.41, 5.74) is 2.63. The van der Waals surface area contributed by atoms with Gasteiger partial charge in [0.15, 0.2) is 0 Å². The quantitative estimate of drug-likeness (QED) is 0.855. The molecule has 2 rings (SSSR count). The van der Waals surface area contributed by atoms with Crippen molar-refractivity contribution in [2.24, 2.45) is 0 Å². The summed E-state index contributed by atoms with van der Waals surface area (Å²) < 4.78 is 5.16. The SMILES string of the molecule is COc1ccc(O)c(-c2[nH]ncc2C(C)C)c1. The van der Waals surface area contributed by atoms with Crippen molar-refractivity contribution in [3.05, 3.63) is 30.0 Å². The van der Waals surface area contributed by atoms with E-state index in [0.29, 0.717) is 17.2 Å². The second kappa shape index (κ2) is 4.49.